The van der Waals surface area contributed by atoms with Crippen LogP contribution in [-0.2, 0) is 4.79 Å². The molecule has 0 atom stereocenters. The summed E-state index contributed by atoms with van der Waals surface area (Å²) < 4.78 is 0. The van der Waals surface area contributed by atoms with Crippen molar-refractivity contribution in [2.45, 2.75) is 18.4 Å². The first-order valence-electron chi connectivity index (χ1n) is 2.02. The summed E-state index contributed by atoms with van der Waals surface area (Å²) >= 11 is 0. The molecule has 6 heavy (non-hydrogen) atoms. The molecule has 1 rings (SSSR count). The van der Waals surface area contributed by atoms with Crippen LogP contribution in [0.25, 0.3) is 0 Å². The molecule has 0 saturated heterocycles. The summed E-state index contributed by atoms with van der Waals surface area (Å²) in [5.74, 6) is 0. The SMILES string of the molecule is NC1(C=O)CC1.[HH]. The van der Waals surface area contributed by atoms with Gasteiger partial charge in [-0.05, 0) is 12.8 Å². The van der Waals surface area contributed by atoms with Gasteiger partial charge in [0.2, 0.25) is 0 Å². The third kappa shape index (κ3) is 0.431. The standard InChI is InChI=1S/C4H7NO.H2/c5-4(3-6)1-2-4;/h3H,1-2,5H2;1H. The van der Waals surface area contributed by atoms with E-state index in [1.54, 1.807) is 0 Å². The van der Waals surface area contributed by atoms with Crippen molar-refractivity contribution in [2.24, 2.45) is 5.73 Å². The van der Waals surface area contributed by atoms with Crippen LogP contribution in [0.4, 0.5) is 0 Å². The summed E-state index contributed by atoms with van der Waals surface area (Å²) in [5, 5.41) is 0. The van der Waals surface area contributed by atoms with Crippen LogP contribution in [0.5, 0.6) is 0 Å². The summed E-state index contributed by atoms with van der Waals surface area (Å²) in [4.78, 5) is 9.76. The van der Waals surface area contributed by atoms with Gasteiger partial charge in [0, 0.05) is 1.43 Å². The lowest BCUT2D eigenvalue weighted by Crippen LogP contribution is -2.22. The number of hydrogen-bond acceptors (Lipinski definition) is 2. The first kappa shape index (κ1) is 3.81. The van der Waals surface area contributed by atoms with E-state index in [0.717, 1.165) is 19.1 Å². The van der Waals surface area contributed by atoms with E-state index < -0.39 is 0 Å². The zero-order chi connectivity index (χ0) is 4.62. The van der Waals surface area contributed by atoms with Gasteiger partial charge in [-0.2, -0.15) is 0 Å². The van der Waals surface area contributed by atoms with Crippen LogP contribution in [0.15, 0.2) is 0 Å². The Morgan fingerprint density at radius 2 is 2.33 bits per heavy atom. The summed E-state index contributed by atoms with van der Waals surface area (Å²) in [6.07, 6.45) is 2.60. The van der Waals surface area contributed by atoms with E-state index in [1.807, 2.05) is 0 Å². The molecule has 0 amide bonds. The highest BCUT2D eigenvalue weighted by atomic mass is 16.1. The van der Waals surface area contributed by atoms with Crippen molar-refractivity contribution >= 4 is 6.29 Å². The molecule has 0 aromatic heterocycles. The van der Waals surface area contributed by atoms with Crippen LogP contribution in [0.3, 0.4) is 0 Å². The second kappa shape index (κ2) is 0.819. The van der Waals surface area contributed by atoms with Crippen LogP contribution in [0.2, 0.25) is 0 Å². The lowest BCUT2D eigenvalue weighted by molar-refractivity contribution is -0.109. The monoisotopic (exact) mass is 87.1 g/mol. The van der Waals surface area contributed by atoms with E-state index in [0.29, 0.717) is 0 Å². The van der Waals surface area contributed by atoms with E-state index in [1.165, 1.54) is 0 Å². The van der Waals surface area contributed by atoms with Crippen molar-refractivity contribution in [1.82, 2.24) is 0 Å². The van der Waals surface area contributed by atoms with Gasteiger partial charge in [-0.1, -0.05) is 0 Å². The van der Waals surface area contributed by atoms with Crippen LogP contribution >= 0.6 is 0 Å². The van der Waals surface area contributed by atoms with Crippen LogP contribution in [0.1, 0.15) is 14.3 Å². The molecule has 2 heteroatoms. The fourth-order valence-electron chi connectivity index (χ4n) is 0.262. The molecule has 2 N–H and O–H groups in total. The largest absolute Gasteiger partial charge is 0.319 e. The van der Waals surface area contributed by atoms with Gasteiger partial charge in [-0.25, -0.2) is 0 Å². The smallest absolute Gasteiger partial charge is 0.139 e. The molecule has 1 aliphatic carbocycles. The first-order valence-corrected chi connectivity index (χ1v) is 2.02. The summed E-state index contributed by atoms with van der Waals surface area (Å²) in [7, 11) is 0. The zero-order valence-corrected chi connectivity index (χ0v) is 3.48. The highest BCUT2D eigenvalue weighted by molar-refractivity contribution is 5.67. The van der Waals surface area contributed by atoms with Crippen LogP contribution in [0, 0.1) is 0 Å². The van der Waals surface area contributed by atoms with Gasteiger partial charge >= 0.3 is 0 Å². The second-order valence-corrected chi connectivity index (χ2v) is 1.85. The Balaban J connectivity index is 0.000000360. The molecule has 2 nitrogen and oxygen atoms in total. The summed E-state index contributed by atoms with van der Waals surface area (Å²) in [6.45, 7) is 0. The Hall–Kier alpha value is -0.370. The molecule has 36 valence electrons. The van der Waals surface area contributed by atoms with Crippen molar-refractivity contribution in [3.63, 3.8) is 0 Å². The number of aldehydes is 1. The first-order chi connectivity index (χ1) is 2.77. The van der Waals surface area contributed by atoms with Crippen molar-refractivity contribution in [2.75, 3.05) is 0 Å². The maximum atomic E-state index is 9.76. The molecular weight excluding hydrogens is 78.0 g/mol. The van der Waals surface area contributed by atoms with Crippen molar-refractivity contribution in [1.29, 1.82) is 0 Å². The molecule has 0 aromatic rings. The maximum Gasteiger partial charge on any atom is 0.139 e. The molecule has 0 bridgehead atoms. The third-order valence-electron chi connectivity index (χ3n) is 1.06. The van der Waals surface area contributed by atoms with Gasteiger partial charge in [0.25, 0.3) is 0 Å². The lowest BCUT2D eigenvalue weighted by Gasteiger charge is -1.87. The molecule has 1 aliphatic rings. The van der Waals surface area contributed by atoms with E-state index in [-0.39, 0.29) is 6.97 Å². The fraction of sp³-hybridized carbons (Fsp3) is 0.750. The number of rotatable bonds is 1. The highest BCUT2D eigenvalue weighted by Crippen LogP contribution is 2.28. The predicted molar refractivity (Wildman–Crippen MR) is 24.3 cm³/mol. The van der Waals surface area contributed by atoms with Crippen LogP contribution < -0.4 is 5.73 Å². The van der Waals surface area contributed by atoms with Gasteiger partial charge in [0.05, 0.1) is 5.54 Å². The number of nitrogens with two attached hydrogens (primary N) is 1. The summed E-state index contributed by atoms with van der Waals surface area (Å²) in [5.41, 5.74) is 4.89. The second-order valence-electron chi connectivity index (χ2n) is 1.85. The van der Waals surface area contributed by atoms with Gasteiger partial charge in [0.15, 0.2) is 0 Å². The minimum atomic E-state index is -0.389. The number of carbonyl (C=O) groups excluding carboxylic acids is 1. The molecule has 1 fully saturated rings. The minimum absolute atomic E-state index is 0. The number of hydrogen-bond donors (Lipinski definition) is 1. The molecule has 0 aromatic carbocycles. The fourth-order valence-corrected chi connectivity index (χ4v) is 0.262. The molecule has 0 unspecified atom stereocenters. The van der Waals surface area contributed by atoms with E-state index in [2.05, 4.69) is 0 Å². The van der Waals surface area contributed by atoms with Crippen molar-refractivity contribution in [3.05, 3.63) is 0 Å². The Labute approximate surface area is 37.8 Å². The summed E-state index contributed by atoms with van der Waals surface area (Å²) in [6, 6.07) is 0. The molecule has 0 spiro atoms. The average Bonchev–Trinajstić information content (AvgIpc) is 2.22. The van der Waals surface area contributed by atoms with Crippen molar-refractivity contribution < 1.29 is 6.22 Å². The van der Waals surface area contributed by atoms with Crippen LogP contribution in [-0.4, -0.2) is 11.8 Å². The molecular formula is C4H9NO. The van der Waals surface area contributed by atoms with E-state index in [4.69, 9.17) is 5.73 Å². The van der Waals surface area contributed by atoms with Gasteiger partial charge in [-0.15, -0.1) is 0 Å². The maximum absolute atomic E-state index is 9.76. The highest BCUT2D eigenvalue weighted by Gasteiger charge is 2.37. The lowest BCUT2D eigenvalue weighted by atomic mass is 10.4. The van der Waals surface area contributed by atoms with Gasteiger partial charge < -0.3 is 10.5 Å². The Morgan fingerprint density at radius 3 is 2.33 bits per heavy atom. The quantitative estimate of drug-likeness (QED) is 0.455. The Kier molecular flexibility index (Phi) is 0.520. The van der Waals surface area contributed by atoms with Crippen molar-refractivity contribution in [3.8, 4) is 0 Å². The minimum Gasteiger partial charge on any atom is -0.319 e. The Morgan fingerprint density at radius 1 is 1.83 bits per heavy atom. The normalized spacial score (nSPS) is 26.2. The topological polar surface area (TPSA) is 43.1 Å². The number of carbonyl (C=O) groups is 1. The average molecular weight is 87.1 g/mol. The van der Waals surface area contributed by atoms with E-state index >= 15 is 0 Å². The molecule has 0 aliphatic heterocycles. The van der Waals surface area contributed by atoms with Gasteiger partial charge in [-0.3, -0.25) is 0 Å². The van der Waals surface area contributed by atoms with E-state index in [9.17, 15) is 4.79 Å². The molecule has 0 radical (unpaired) electrons. The Bertz CT molecular complexity index is 79.8. The third-order valence-corrected chi connectivity index (χ3v) is 1.06. The van der Waals surface area contributed by atoms with Gasteiger partial charge in [0.1, 0.15) is 6.29 Å². The zero-order valence-electron chi connectivity index (χ0n) is 3.48. The molecule has 0 heterocycles. The molecule has 1 saturated carbocycles. The predicted octanol–water partition coefficient (Wildman–Crippen LogP) is -0.0774.